The number of hydrogen-bond donors (Lipinski definition) is 0. The van der Waals surface area contributed by atoms with Gasteiger partial charge >= 0.3 is 0 Å². The summed E-state index contributed by atoms with van der Waals surface area (Å²) in [6, 6.07) is 0. The van der Waals surface area contributed by atoms with Crippen molar-refractivity contribution in [1.29, 1.82) is 0 Å². The smallest absolute Gasteiger partial charge is 0.148 e. The molecule has 0 aromatic carbocycles. The lowest BCUT2D eigenvalue weighted by Crippen LogP contribution is -2.27. The van der Waals surface area contributed by atoms with Gasteiger partial charge < -0.3 is 9.53 Å². The Bertz CT molecular complexity index is 222. The van der Waals surface area contributed by atoms with Crippen LogP contribution in [0.5, 0.6) is 0 Å². The first-order valence-corrected chi connectivity index (χ1v) is 5.18. The highest BCUT2D eigenvalue weighted by molar-refractivity contribution is 5.56. The normalized spacial score (nSPS) is 42.8. The largest absolute Gasteiger partial charge is 0.364 e. The van der Waals surface area contributed by atoms with E-state index in [0.29, 0.717) is 5.41 Å². The molecule has 1 spiro atoms. The Morgan fingerprint density at radius 1 is 1.31 bits per heavy atom. The van der Waals surface area contributed by atoms with E-state index in [1.54, 1.807) is 0 Å². The van der Waals surface area contributed by atoms with Crippen LogP contribution in [0.2, 0.25) is 0 Å². The van der Waals surface area contributed by atoms with Crippen LogP contribution >= 0.6 is 0 Å². The molecule has 2 aliphatic rings. The number of hydrogen-bond acceptors (Lipinski definition) is 2. The Balaban J connectivity index is 2.05. The van der Waals surface area contributed by atoms with E-state index in [-0.39, 0.29) is 11.7 Å². The predicted octanol–water partition coefficient (Wildman–Crippen LogP) is 2.31. The van der Waals surface area contributed by atoms with Crippen LogP contribution in [0, 0.1) is 5.41 Å². The summed E-state index contributed by atoms with van der Waals surface area (Å²) in [7, 11) is 0. The number of carbonyl (C=O) groups is 1. The van der Waals surface area contributed by atoms with Crippen LogP contribution in [-0.4, -0.2) is 18.0 Å². The lowest BCUT2D eigenvalue weighted by molar-refractivity contribution is -0.122. The molecule has 1 saturated heterocycles. The number of carbonyl (C=O) groups excluding carboxylic acids is 1. The SMILES string of the molecule is CC1(C)CCC2(CCC(C=O)O2)C1. The van der Waals surface area contributed by atoms with Crippen LogP contribution in [-0.2, 0) is 9.53 Å². The summed E-state index contributed by atoms with van der Waals surface area (Å²) in [6.45, 7) is 4.58. The van der Waals surface area contributed by atoms with Gasteiger partial charge in [0.25, 0.3) is 0 Å². The van der Waals surface area contributed by atoms with Gasteiger partial charge in [0, 0.05) is 0 Å². The fourth-order valence-electron chi connectivity index (χ4n) is 2.87. The van der Waals surface area contributed by atoms with E-state index < -0.39 is 0 Å². The summed E-state index contributed by atoms with van der Waals surface area (Å²) in [4.78, 5) is 10.6. The van der Waals surface area contributed by atoms with Gasteiger partial charge in [-0.25, -0.2) is 0 Å². The molecule has 2 fully saturated rings. The van der Waals surface area contributed by atoms with Crippen LogP contribution in [0.4, 0.5) is 0 Å². The molecule has 13 heavy (non-hydrogen) atoms. The van der Waals surface area contributed by atoms with Crippen molar-refractivity contribution in [2.45, 2.75) is 57.7 Å². The summed E-state index contributed by atoms with van der Waals surface area (Å²) in [5, 5.41) is 0. The first kappa shape index (κ1) is 9.20. The van der Waals surface area contributed by atoms with Gasteiger partial charge in [-0.3, -0.25) is 0 Å². The molecule has 0 radical (unpaired) electrons. The number of rotatable bonds is 1. The molecular formula is C11H18O2. The Morgan fingerprint density at radius 2 is 2.08 bits per heavy atom. The van der Waals surface area contributed by atoms with E-state index >= 15 is 0 Å². The lowest BCUT2D eigenvalue weighted by atomic mass is 9.88. The average molecular weight is 182 g/mol. The molecule has 0 N–H and O–H groups in total. The maximum absolute atomic E-state index is 10.6. The molecule has 1 heterocycles. The zero-order valence-electron chi connectivity index (χ0n) is 8.51. The van der Waals surface area contributed by atoms with Gasteiger partial charge in [-0.2, -0.15) is 0 Å². The fourth-order valence-corrected chi connectivity index (χ4v) is 2.87. The van der Waals surface area contributed by atoms with Crippen LogP contribution in [0.25, 0.3) is 0 Å². The number of aldehydes is 1. The van der Waals surface area contributed by atoms with E-state index in [1.807, 2.05) is 0 Å². The van der Waals surface area contributed by atoms with Crippen molar-refractivity contribution in [3.63, 3.8) is 0 Å². The summed E-state index contributed by atoms with van der Waals surface area (Å²) >= 11 is 0. The molecule has 1 aliphatic carbocycles. The van der Waals surface area contributed by atoms with Crippen LogP contribution in [0.3, 0.4) is 0 Å². The lowest BCUT2D eigenvalue weighted by Gasteiger charge is -2.25. The zero-order chi connectivity index (χ0) is 9.53. The molecule has 0 aromatic heterocycles. The monoisotopic (exact) mass is 182 g/mol. The molecule has 1 saturated carbocycles. The van der Waals surface area contributed by atoms with Gasteiger partial charge in [0.1, 0.15) is 12.4 Å². The summed E-state index contributed by atoms with van der Waals surface area (Å²) in [5.74, 6) is 0. The molecule has 2 heteroatoms. The van der Waals surface area contributed by atoms with Crippen LogP contribution in [0.15, 0.2) is 0 Å². The maximum atomic E-state index is 10.6. The average Bonchev–Trinajstić information content (AvgIpc) is 2.57. The Morgan fingerprint density at radius 3 is 2.54 bits per heavy atom. The van der Waals surface area contributed by atoms with Gasteiger partial charge in [-0.05, 0) is 37.5 Å². The Hall–Kier alpha value is -0.370. The molecule has 74 valence electrons. The summed E-state index contributed by atoms with van der Waals surface area (Å²) in [5.41, 5.74) is 0.479. The minimum atomic E-state index is -0.117. The third kappa shape index (κ3) is 1.64. The van der Waals surface area contributed by atoms with E-state index in [1.165, 1.54) is 6.42 Å². The van der Waals surface area contributed by atoms with Gasteiger partial charge in [-0.1, -0.05) is 13.8 Å². The molecule has 0 amide bonds. The van der Waals surface area contributed by atoms with Gasteiger partial charge in [0.2, 0.25) is 0 Å². The highest BCUT2D eigenvalue weighted by Crippen LogP contribution is 2.51. The van der Waals surface area contributed by atoms with Crippen molar-refractivity contribution in [3.05, 3.63) is 0 Å². The summed E-state index contributed by atoms with van der Waals surface area (Å²) < 4.78 is 5.83. The molecule has 0 aromatic rings. The first-order valence-electron chi connectivity index (χ1n) is 5.18. The Labute approximate surface area is 79.7 Å². The molecule has 2 rings (SSSR count). The van der Waals surface area contributed by atoms with Crippen molar-refractivity contribution < 1.29 is 9.53 Å². The highest BCUT2D eigenvalue weighted by Gasteiger charge is 2.48. The van der Waals surface area contributed by atoms with Gasteiger partial charge in [-0.15, -0.1) is 0 Å². The maximum Gasteiger partial charge on any atom is 0.148 e. The minimum Gasteiger partial charge on any atom is -0.364 e. The van der Waals surface area contributed by atoms with Crippen molar-refractivity contribution >= 4 is 6.29 Å². The second-order valence-electron chi connectivity index (χ2n) is 5.36. The van der Waals surface area contributed by atoms with E-state index in [4.69, 9.17) is 4.74 Å². The van der Waals surface area contributed by atoms with Crippen LogP contribution in [0.1, 0.15) is 46.0 Å². The Kier molecular flexibility index (Phi) is 1.99. The molecule has 2 nitrogen and oxygen atoms in total. The number of ether oxygens (including phenoxy) is 1. The van der Waals surface area contributed by atoms with E-state index in [9.17, 15) is 4.79 Å². The van der Waals surface area contributed by atoms with Gasteiger partial charge in [0.05, 0.1) is 5.60 Å². The van der Waals surface area contributed by atoms with Crippen molar-refractivity contribution in [3.8, 4) is 0 Å². The molecule has 2 atom stereocenters. The summed E-state index contributed by atoms with van der Waals surface area (Å²) in [6.07, 6.45) is 6.36. The highest BCUT2D eigenvalue weighted by atomic mass is 16.5. The van der Waals surface area contributed by atoms with Crippen molar-refractivity contribution in [1.82, 2.24) is 0 Å². The second kappa shape index (κ2) is 2.81. The standard InChI is InChI=1S/C11H18O2/c1-10(2)5-6-11(8-10)4-3-9(7-12)13-11/h7,9H,3-6,8H2,1-2H3. The third-order valence-electron chi connectivity index (χ3n) is 3.50. The van der Waals surface area contributed by atoms with E-state index in [0.717, 1.165) is 32.0 Å². The van der Waals surface area contributed by atoms with Crippen molar-refractivity contribution in [2.24, 2.45) is 5.41 Å². The molecule has 2 unspecified atom stereocenters. The second-order valence-corrected chi connectivity index (χ2v) is 5.36. The zero-order valence-corrected chi connectivity index (χ0v) is 8.51. The third-order valence-corrected chi connectivity index (χ3v) is 3.50. The van der Waals surface area contributed by atoms with Gasteiger partial charge in [0.15, 0.2) is 0 Å². The predicted molar refractivity (Wildman–Crippen MR) is 50.5 cm³/mol. The first-order chi connectivity index (χ1) is 6.05. The van der Waals surface area contributed by atoms with E-state index in [2.05, 4.69) is 13.8 Å². The fraction of sp³-hybridized carbons (Fsp3) is 0.909. The van der Waals surface area contributed by atoms with Crippen LogP contribution < -0.4 is 0 Å². The molecule has 0 bridgehead atoms. The quantitative estimate of drug-likeness (QED) is 0.582. The molecular weight excluding hydrogens is 164 g/mol. The topological polar surface area (TPSA) is 26.3 Å². The molecule has 1 aliphatic heterocycles. The van der Waals surface area contributed by atoms with Crippen molar-refractivity contribution in [2.75, 3.05) is 0 Å². The minimum absolute atomic E-state index is 0.0646.